The highest BCUT2D eigenvalue weighted by Crippen LogP contribution is 2.37. The summed E-state index contributed by atoms with van der Waals surface area (Å²) < 4.78 is 5.05. The number of esters is 1. The van der Waals surface area contributed by atoms with Crippen LogP contribution in [0.25, 0.3) is 0 Å². The van der Waals surface area contributed by atoms with Gasteiger partial charge in [0.1, 0.15) is 0 Å². The van der Waals surface area contributed by atoms with E-state index in [4.69, 9.17) is 4.74 Å². The second kappa shape index (κ2) is 8.29. The number of rotatable bonds is 6. The van der Waals surface area contributed by atoms with E-state index in [2.05, 4.69) is 0 Å². The first-order valence-corrected chi connectivity index (χ1v) is 7.92. The van der Waals surface area contributed by atoms with Gasteiger partial charge in [0.25, 0.3) is 0 Å². The van der Waals surface area contributed by atoms with Crippen molar-refractivity contribution in [2.75, 3.05) is 21.2 Å². The number of carbonyl (C=O) groups excluding carboxylic acids is 2. The normalized spacial score (nSPS) is 13.0. The number of methoxy groups -OCH3 is 1. The van der Waals surface area contributed by atoms with Gasteiger partial charge in [0.05, 0.1) is 13.0 Å². The number of amides is 1. The molecule has 0 fully saturated rings. The smallest absolute Gasteiger partial charge is 0.313 e. The molecule has 126 valence electrons. The number of carbonyl (C=O) groups is 2. The summed E-state index contributed by atoms with van der Waals surface area (Å²) in [6.45, 7) is 0. The molecule has 0 spiro atoms. The number of hydrogen-bond donors (Lipinski definition) is 0. The van der Waals surface area contributed by atoms with E-state index < -0.39 is 5.92 Å². The average molecular weight is 325 g/mol. The first kappa shape index (κ1) is 17.7. The molecule has 0 bridgehead atoms. The molecule has 4 nitrogen and oxygen atoms in total. The lowest BCUT2D eigenvalue weighted by molar-refractivity contribution is -0.143. The van der Waals surface area contributed by atoms with Gasteiger partial charge in [-0.3, -0.25) is 9.59 Å². The van der Waals surface area contributed by atoms with Gasteiger partial charge in [-0.1, -0.05) is 60.7 Å². The van der Waals surface area contributed by atoms with Crippen molar-refractivity contribution in [3.05, 3.63) is 71.8 Å². The van der Waals surface area contributed by atoms with E-state index in [-0.39, 0.29) is 24.2 Å². The first-order chi connectivity index (χ1) is 11.5. The highest BCUT2D eigenvalue weighted by molar-refractivity contribution is 5.82. The molecule has 0 saturated heterocycles. The predicted octanol–water partition coefficient (Wildman–Crippen LogP) is 3.21. The van der Waals surface area contributed by atoms with E-state index in [1.54, 1.807) is 19.0 Å². The lowest BCUT2D eigenvalue weighted by atomic mass is 9.79. The lowest BCUT2D eigenvalue weighted by Gasteiger charge is -2.27. The quantitative estimate of drug-likeness (QED) is 0.766. The number of ether oxygens (including phenoxy) is 1. The molecule has 2 aromatic carbocycles. The fourth-order valence-electron chi connectivity index (χ4n) is 2.82. The van der Waals surface area contributed by atoms with E-state index >= 15 is 0 Å². The molecule has 0 aliphatic heterocycles. The molecule has 4 heteroatoms. The van der Waals surface area contributed by atoms with E-state index in [0.29, 0.717) is 0 Å². The maximum atomic E-state index is 12.5. The van der Waals surface area contributed by atoms with Crippen molar-refractivity contribution in [2.45, 2.75) is 18.3 Å². The van der Waals surface area contributed by atoms with Crippen LogP contribution in [0.2, 0.25) is 0 Å². The predicted molar refractivity (Wildman–Crippen MR) is 93.7 cm³/mol. The second-order valence-corrected chi connectivity index (χ2v) is 5.92. The second-order valence-electron chi connectivity index (χ2n) is 5.92. The summed E-state index contributed by atoms with van der Waals surface area (Å²) >= 11 is 0. The largest absolute Gasteiger partial charge is 0.469 e. The van der Waals surface area contributed by atoms with Crippen LogP contribution >= 0.6 is 0 Å². The Labute approximate surface area is 143 Å². The van der Waals surface area contributed by atoms with Gasteiger partial charge < -0.3 is 9.64 Å². The lowest BCUT2D eigenvalue weighted by Crippen LogP contribution is -2.29. The van der Waals surface area contributed by atoms with Crippen LogP contribution < -0.4 is 0 Å². The van der Waals surface area contributed by atoms with Gasteiger partial charge in [-0.15, -0.1) is 0 Å². The molecule has 0 aliphatic rings. The molecule has 1 amide bonds. The monoisotopic (exact) mass is 325 g/mol. The van der Waals surface area contributed by atoms with Gasteiger partial charge in [-0.25, -0.2) is 0 Å². The Kier molecular flexibility index (Phi) is 6.13. The number of benzene rings is 2. The Bertz CT molecular complexity index is 668. The van der Waals surface area contributed by atoms with Crippen molar-refractivity contribution in [2.24, 2.45) is 0 Å². The molecule has 2 atom stereocenters. The van der Waals surface area contributed by atoms with E-state index in [1.807, 2.05) is 60.7 Å². The summed E-state index contributed by atoms with van der Waals surface area (Å²) in [7, 11) is 4.83. The van der Waals surface area contributed by atoms with Crippen LogP contribution in [0.15, 0.2) is 60.7 Å². The fraction of sp³-hybridized carbons (Fsp3) is 0.300. The minimum Gasteiger partial charge on any atom is -0.469 e. The summed E-state index contributed by atoms with van der Waals surface area (Å²) in [5, 5.41) is 0. The Hall–Kier alpha value is -2.62. The van der Waals surface area contributed by atoms with Crippen molar-refractivity contribution in [3.8, 4) is 0 Å². The van der Waals surface area contributed by atoms with Crippen molar-refractivity contribution in [3.63, 3.8) is 0 Å². The van der Waals surface area contributed by atoms with Gasteiger partial charge in [0.15, 0.2) is 0 Å². The van der Waals surface area contributed by atoms with Crippen LogP contribution in [0.1, 0.15) is 29.4 Å². The van der Waals surface area contributed by atoms with Crippen LogP contribution in [0.4, 0.5) is 0 Å². The van der Waals surface area contributed by atoms with Crippen LogP contribution in [0, 0.1) is 0 Å². The molecule has 0 saturated carbocycles. The van der Waals surface area contributed by atoms with Crippen LogP contribution in [0.5, 0.6) is 0 Å². The Morgan fingerprint density at radius 2 is 1.42 bits per heavy atom. The first-order valence-electron chi connectivity index (χ1n) is 7.92. The van der Waals surface area contributed by atoms with Crippen molar-refractivity contribution >= 4 is 11.9 Å². The van der Waals surface area contributed by atoms with Crippen LogP contribution in [-0.4, -0.2) is 38.0 Å². The van der Waals surface area contributed by atoms with Gasteiger partial charge in [0.2, 0.25) is 5.91 Å². The minimum absolute atomic E-state index is 0.0197. The summed E-state index contributed by atoms with van der Waals surface area (Å²) in [6, 6.07) is 19.1. The Balaban J connectivity index is 2.48. The zero-order valence-electron chi connectivity index (χ0n) is 14.3. The van der Waals surface area contributed by atoms with Gasteiger partial charge in [0, 0.05) is 26.4 Å². The third kappa shape index (κ3) is 4.22. The Morgan fingerprint density at radius 1 is 0.917 bits per heavy atom. The molecule has 0 heterocycles. The zero-order valence-corrected chi connectivity index (χ0v) is 14.3. The average Bonchev–Trinajstić information content (AvgIpc) is 2.62. The van der Waals surface area contributed by atoms with Gasteiger partial charge >= 0.3 is 5.97 Å². The molecule has 0 aromatic heterocycles. The zero-order chi connectivity index (χ0) is 17.5. The maximum Gasteiger partial charge on any atom is 0.313 e. The number of hydrogen-bond acceptors (Lipinski definition) is 3. The van der Waals surface area contributed by atoms with Gasteiger partial charge in [-0.2, -0.15) is 0 Å². The molecule has 0 N–H and O–H groups in total. The van der Waals surface area contributed by atoms with Crippen molar-refractivity contribution in [1.82, 2.24) is 4.90 Å². The van der Waals surface area contributed by atoms with E-state index in [1.165, 1.54) is 7.11 Å². The topological polar surface area (TPSA) is 46.6 Å². The molecular weight excluding hydrogens is 302 g/mol. The molecule has 0 radical (unpaired) electrons. The number of nitrogens with zero attached hydrogens (tertiary/aromatic N) is 1. The molecule has 2 aromatic rings. The highest BCUT2D eigenvalue weighted by atomic mass is 16.5. The molecule has 0 unspecified atom stereocenters. The third-order valence-electron chi connectivity index (χ3n) is 4.14. The molecule has 2 rings (SSSR count). The minimum atomic E-state index is -0.525. The van der Waals surface area contributed by atoms with Crippen LogP contribution in [0.3, 0.4) is 0 Å². The standard InChI is InChI=1S/C20H23NO3/c1-21(2)18(22)14-17(15-10-6-4-7-11-15)19(20(23)24-3)16-12-8-5-9-13-16/h4-13,17,19H,14H2,1-3H3/t17-,19-/m1/s1. The van der Waals surface area contributed by atoms with E-state index in [9.17, 15) is 9.59 Å². The molecule has 0 aliphatic carbocycles. The van der Waals surface area contributed by atoms with E-state index in [0.717, 1.165) is 11.1 Å². The molecule has 24 heavy (non-hydrogen) atoms. The summed E-state index contributed by atoms with van der Waals surface area (Å²) in [6.07, 6.45) is 0.242. The van der Waals surface area contributed by atoms with Crippen molar-refractivity contribution in [1.29, 1.82) is 0 Å². The van der Waals surface area contributed by atoms with Crippen LogP contribution in [-0.2, 0) is 14.3 Å². The summed E-state index contributed by atoms with van der Waals surface area (Å²) in [4.78, 5) is 26.4. The SMILES string of the molecule is COC(=O)[C@H](c1ccccc1)[C@H](CC(=O)N(C)C)c1ccccc1. The van der Waals surface area contributed by atoms with Crippen molar-refractivity contribution < 1.29 is 14.3 Å². The summed E-state index contributed by atoms with van der Waals surface area (Å²) in [5.41, 5.74) is 1.80. The van der Waals surface area contributed by atoms with Gasteiger partial charge in [-0.05, 0) is 11.1 Å². The summed E-state index contributed by atoms with van der Waals surface area (Å²) in [5.74, 6) is -1.16. The highest BCUT2D eigenvalue weighted by Gasteiger charge is 2.33. The third-order valence-corrected chi connectivity index (χ3v) is 4.14. The fourth-order valence-corrected chi connectivity index (χ4v) is 2.82. The maximum absolute atomic E-state index is 12.5. The Morgan fingerprint density at radius 3 is 1.88 bits per heavy atom. The molecular formula is C20H23NO3.